The molecule has 2 aromatic carbocycles. The van der Waals surface area contributed by atoms with Crippen molar-refractivity contribution in [2.75, 3.05) is 0 Å². The van der Waals surface area contributed by atoms with E-state index in [0.29, 0.717) is 0 Å². The lowest BCUT2D eigenvalue weighted by Crippen LogP contribution is -2.30. The fourth-order valence-electron chi connectivity index (χ4n) is 4.81. The van der Waals surface area contributed by atoms with E-state index in [1.165, 1.54) is 30.0 Å². The lowest BCUT2D eigenvalue weighted by Gasteiger charge is -2.41. The van der Waals surface area contributed by atoms with E-state index in [9.17, 15) is 0 Å². The normalized spacial score (nSPS) is 36.7. The molecule has 4 unspecified atom stereocenters. The van der Waals surface area contributed by atoms with Gasteiger partial charge < -0.3 is 0 Å². The second-order valence-corrected chi connectivity index (χ2v) is 6.18. The quantitative estimate of drug-likeness (QED) is 0.615. The Hall–Kier alpha value is -1.30. The van der Waals surface area contributed by atoms with E-state index in [2.05, 4.69) is 36.4 Å². The van der Waals surface area contributed by atoms with Crippen LogP contribution in [0.5, 0.6) is 0 Å². The summed E-state index contributed by atoms with van der Waals surface area (Å²) in [6.45, 7) is 0. The number of hydrogen-bond acceptors (Lipinski definition) is 0. The Kier molecular flexibility index (Phi) is 1.41. The summed E-state index contributed by atoms with van der Waals surface area (Å²) in [4.78, 5) is 0. The van der Waals surface area contributed by atoms with Crippen LogP contribution in [-0.2, 0) is 0 Å². The maximum atomic E-state index is 2.49. The first kappa shape index (κ1) is 8.74. The van der Waals surface area contributed by atoms with Crippen molar-refractivity contribution < 1.29 is 0 Å². The molecule has 5 rings (SSSR count). The summed E-state index contributed by atoms with van der Waals surface area (Å²) in [5.74, 6) is 3.93. The smallest absolute Gasteiger partial charge is 0.0122 e. The van der Waals surface area contributed by atoms with E-state index in [1.807, 2.05) is 0 Å². The number of benzene rings is 2. The Labute approximate surface area is 102 Å². The highest BCUT2D eigenvalue weighted by molar-refractivity contribution is 5.85. The zero-order valence-corrected chi connectivity index (χ0v) is 9.89. The summed E-state index contributed by atoms with van der Waals surface area (Å²) in [6.07, 6.45) is 4.46. The van der Waals surface area contributed by atoms with Gasteiger partial charge in [-0.05, 0) is 64.8 Å². The van der Waals surface area contributed by atoms with Gasteiger partial charge in [0.2, 0.25) is 0 Å². The predicted octanol–water partition coefficient (Wildman–Crippen LogP) is 4.45. The summed E-state index contributed by atoms with van der Waals surface area (Å²) in [7, 11) is 0. The number of fused-ring (bicyclic) bond motifs is 9. The van der Waals surface area contributed by atoms with Crippen molar-refractivity contribution in [3.63, 3.8) is 0 Å². The highest BCUT2D eigenvalue weighted by Gasteiger charge is 2.54. The van der Waals surface area contributed by atoms with E-state index in [0.717, 1.165) is 23.7 Å². The van der Waals surface area contributed by atoms with E-state index in [4.69, 9.17) is 0 Å². The standard InChI is InChI=1S/C17H16/c1-2-4-11-8-15-14(7-10(11)3-1)16-9-17(15)13-6-5-12(13)16/h1-4,7-8,12-13,16-17H,5-6,9H2. The van der Waals surface area contributed by atoms with Gasteiger partial charge in [-0.1, -0.05) is 36.4 Å². The molecule has 0 radical (unpaired) electrons. The van der Waals surface area contributed by atoms with Crippen LogP contribution in [0, 0.1) is 11.8 Å². The van der Waals surface area contributed by atoms with Crippen molar-refractivity contribution >= 4 is 10.8 Å². The summed E-state index contributed by atoms with van der Waals surface area (Å²) in [6, 6.07) is 13.8. The fraction of sp³-hybridized carbons (Fsp3) is 0.412. The number of rotatable bonds is 0. The van der Waals surface area contributed by atoms with Crippen LogP contribution in [0.2, 0.25) is 0 Å². The van der Waals surface area contributed by atoms with Gasteiger partial charge in [0.1, 0.15) is 0 Å². The maximum absolute atomic E-state index is 2.49. The van der Waals surface area contributed by atoms with Crippen LogP contribution in [0.3, 0.4) is 0 Å². The molecule has 2 bridgehead atoms. The van der Waals surface area contributed by atoms with Crippen LogP contribution in [0.15, 0.2) is 36.4 Å². The molecule has 0 aliphatic heterocycles. The van der Waals surface area contributed by atoms with Gasteiger partial charge in [-0.25, -0.2) is 0 Å². The van der Waals surface area contributed by atoms with Gasteiger partial charge >= 0.3 is 0 Å². The molecule has 4 atom stereocenters. The zero-order valence-electron chi connectivity index (χ0n) is 9.89. The monoisotopic (exact) mass is 220 g/mol. The molecule has 3 aliphatic carbocycles. The van der Waals surface area contributed by atoms with Crippen molar-refractivity contribution in [3.05, 3.63) is 47.5 Å². The molecule has 0 aromatic heterocycles. The van der Waals surface area contributed by atoms with Gasteiger partial charge in [0, 0.05) is 0 Å². The highest BCUT2D eigenvalue weighted by atomic mass is 14.6. The van der Waals surface area contributed by atoms with Crippen LogP contribution in [0.4, 0.5) is 0 Å². The Morgan fingerprint density at radius 3 is 1.76 bits per heavy atom. The van der Waals surface area contributed by atoms with E-state index in [1.54, 1.807) is 11.1 Å². The first-order chi connectivity index (χ1) is 8.42. The molecule has 2 fully saturated rings. The van der Waals surface area contributed by atoms with E-state index >= 15 is 0 Å². The summed E-state index contributed by atoms with van der Waals surface area (Å²) >= 11 is 0. The molecule has 0 amide bonds. The molecule has 84 valence electrons. The molecular formula is C17H16. The van der Waals surface area contributed by atoms with Crippen molar-refractivity contribution in [1.29, 1.82) is 0 Å². The van der Waals surface area contributed by atoms with Gasteiger partial charge in [0.05, 0.1) is 0 Å². The molecule has 0 heterocycles. The first-order valence-corrected chi connectivity index (χ1v) is 6.94. The minimum atomic E-state index is 0.915. The zero-order chi connectivity index (χ0) is 11.0. The molecule has 2 saturated carbocycles. The number of hydrogen-bond donors (Lipinski definition) is 0. The van der Waals surface area contributed by atoms with Gasteiger partial charge in [0.25, 0.3) is 0 Å². The minimum absolute atomic E-state index is 0.915. The Morgan fingerprint density at radius 1 is 0.765 bits per heavy atom. The maximum Gasteiger partial charge on any atom is -0.0122 e. The third-order valence-electron chi connectivity index (χ3n) is 5.68. The lowest BCUT2D eigenvalue weighted by molar-refractivity contribution is 0.175. The van der Waals surface area contributed by atoms with Gasteiger partial charge in [-0.3, -0.25) is 0 Å². The topological polar surface area (TPSA) is 0 Å². The molecular weight excluding hydrogens is 204 g/mol. The molecule has 0 spiro atoms. The molecule has 0 heteroatoms. The summed E-state index contributed by atoms with van der Waals surface area (Å²) in [5, 5.41) is 2.88. The van der Waals surface area contributed by atoms with Crippen LogP contribution in [0.25, 0.3) is 10.8 Å². The molecule has 0 saturated heterocycles. The minimum Gasteiger partial charge on any atom is -0.0616 e. The average Bonchev–Trinajstić information content (AvgIpc) is 2.76. The van der Waals surface area contributed by atoms with Gasteiger partial charge in [-0.2, -0.15) is 0 Å². The SMILES string of the molecule is c1ccc2cc3c(cc2c1)C1CC3C2CCC12. The first-order valence-electron chi connectivity index (χ1n) is 6.94. The Bertz CT molecular complexity index is 570. The van der Waals surface area contributed by atoms with Crippen LogP contribution < -0.4 is 0 Å². The van der Waals surface area contributed by atoms with Crippen molar-refractivity contribution in [2.24, 2.45) is 11.8 Å². The van der Waals surface area contributed by atoms with Gasteiger partial charge in [-0.15, -0.1) is 0 Å². The van der Waals surface area contributed by atoms with Crippen LogP contribution in [-0.4, -0.2) is 0 Å². The Balaban J connectivity index is 1.81. The largest absolute Gasteiger partial charge is 0.0616 e. The summed E-state index contributed by atoms with van der Waals surface area (Å²) in [5.41, 5.74) is 3.41. The molecule has 0 N–H and O–H groups in total. The third-order valence-corrected chi connectivity index (χ3v) is 5.68. The van der Waals surface area contributed by atoms with Crippen LogP contribution >= 0.6 is 0 Å². The molecule has 0 nitrogen and oxygen atoms in total. The lowest BCUT2D eigenvalue weighted by atomic mass is 9.64. The van der Waals surface area contributed by atoms with E-state index in [-0.39, 0.29) is 0 Å². The Morgan fingerprint density at radius 2 is 1.29 bits per heavy atom. The molecule has 17 heavy (non-hydrogen) atoms. The second-order valence-electron chi connectivity index (χ2n) is 6.18. The van der Waals surface area contributed by atoms with Crippen molar-refractivity contribution in [2.45, 2.75) is 31.1 Å². The second kappa shape index (κ2) is 2.75. The molecule has 2 aromatic rings. The average molecular weight is 220 g/mol. The van der Waals surface area contributed by atoms with E-state index < -0.39 is 0 Å². The summed E-state index contributed by atoms with van der Waals surface area (Å²) < 4.78 is 0. The predicted molar refractivity (Wildman–Crippen MR) is 70.3 cm³/mol. The van der Waals surface area contributed by atoms with Crippen molar-refractivity contribution in [3.8, 4) is 0 Å². The highest BCUT2D eigenvalue weighted by Crippen LogP contribution is 2.66. The fourth-order valence-corrected chi connectivity index (χ4v) is 4.81. The third kappa shape index (κ3) is 0.922. The van der Waals surface area contributed by atoms with Gasteiger partial charge in [0.15, 0.2) is 0 Å². The van der Waals surface area contributed by atoms with Crippen molar-refractivity contribution in [1.82, 2.24) is 0 Å². The van der Waals surface area contributed by atoms with Crippen LogP contribution in [0.1, 0.15) is 42.2 Å². The molecule has 3 aliphatic rings.